The minimum atomic E-state index is -0.700. The Labute approximate surface area is 151 Å². The third-order valence-corrected chi connectivity index (χ3v) is 4.34. The van der Waals surface area contributed by atoms with E-state index in [1.807, 2.05) is 6.07 Å². The Bertz CT molecular complexity index is 869. The van der Waals surface area contributed by atoms with Crippen molar-refractivity contribution in [2.24, 2.45) is 0 Å². The van der Waals surface area contributed by atoms with Gasteiger partial charge in [-0.25, -0.2) is 0 Å². The molecule has 5 nitrogen and oxygen atoms in total. The molecule has 0 aromatic heterocycles. The first-order valence-corrected chi connectivity index (χ1v) is 8.17. The van der Waals surface area contributed by atoms with Gasteiger partial charge in [-0.1, -0.05) is 48.5 Å². The first-order valence-electron chi connectivity index (χ1n) is 8.17. The Morgan fingerprint density at radius 2 is 1.81 bits per heavy atom. The van der Waals surface area contributed by atoms with Crippen molar-refractivity contribution in [3.8, 4) is 5.75 Å². The molecule has 0 saturated carbocycles. The van der Waals surface area contributed by atoms with Crippen LogP contribution in [-0.2, 0) is 9.59 Å². The highest BCUT2D eigenvalue weighted by atomic mass is 16.5. The molecule has 0 radical (unpaired) electrons. The Morgan fingerprint density at radius 3 is 2.38 bits per heavy atom. The Kier molecular flexibility index (Phi) is 4.89. The molecule has 1 N–H and O–H groups in total. The number of benzene rings is 2. The SMILES string of the molecule is C=CCN1C(=O)C(=O)C(=C(O)c2ccccc2)[C@H]1c1ccc(OC)cc1. The van der Waals surface area contributed by atoms with Crippen molar-refractivity contribution in [3.05, 3.63) is 84.0 Å². The number of likely N-dealkylation sites (tertiary alicyclic amines) is 1. The number of ketones is 1. The van der Waals surface area contributed by atoms with E-state index >= 15 is 0 Å². The highest BCUT2D eigenvalue weighted by molar-refractivity contribution is 6.46. The average molecular weight is 349 g/mol. The molecule has 1 heterocycles. The van der Waals surface area contributed by atoms with Gasteiger partial charge in [-0.05, 0) is 17.7 Å². The van der Waals surface area contributed by atoms with Gasteiger partial charge in [0.05, 0.1) is 18.7 Å². The van der Waals surface area contributed by atoms with E-state index in [0.717, 1.165) is 0 Å². The third-order valence-electron chi connectivity index (χ3n) is 4.34. The summed E-state index contributed by atoms with van der Waals surface area (Å²) in [5, 5.41) is 10.8. The molecular weight excluding hydrogens is 330 g/mol. The number of rotatable bonds is 5. The highest BCUT2D eigenvalue weighted by Gasteiger charge is 2.45. The molecule has 2 aromatic rings. The zero-order chi connectivity index (χ0) is 18.7. The van der Waals surface area contributed by atoms with Gasteiger partial charge in [0.25, 0.3) is 11.7 Å². The first-order chi connectivity index (χ1) is 12.6. The molecule has 2 aromatic carbocycles. The topological polar surface area (TPSA) is 66.8 Å². The number of aliphatic hydroxyl groups is 1. The summed E-state index contributed by atoms with van der Waals surface area (Å²) in [4.78, 5) is 26.6. The van der Waals surface area contributed by atoms with Crippen LogP contribution in [0.25, 0.3) is 5.76 Å². The van der Waals surface area contributed by atoms with Crippen LogP contribution in [0.15, 0.2) is 72.8 Å². The van der Waals surface area contributed by atoms with Gasteiger partial charge in [-0.2, -0.15) is 0 Å². The lowest BCUT2D eigenvalue weighted by Gasteiger charge is -2.24. The van der Waals surface area contributed by atoms with Crippen molar-refractivity contribution in [2.75, 3.05) is 13.7 Å². The lowest BCUT2D eigenvalue weighted by atomic mass is 9.95. The maximum Gasteiger partial charge on any atom is 0.295 e. The number of Topliss-reactive ketones (excluding diaryl/α,β-unsaturated/α-hetero) is 1. The van der Waals surface area contributed by atoms with Gasteiger partial charge in [0, 0.05) is 12.1 Å². The van der Waals surface area contributed by atoms with Gasteiger partial charge in [0.2, 0.25) is 0 Å². The van der Waals surface area contributed by atoms with E-state index in [1.165, 1.54) is 4.90 Å². The number of carbonyl (C=O) groups is 2. The molecule has 1 fully saturated rings. The van der Waals surface area contributed by atoms with Crippen LogP contribution < -0.4 is 4.74 Å². The second-order valence-electron chi connectivity index (χ2n) is 5.88. The molecule has 1 atom stereocenters. The fourth-order valence-electron chi connectivity index (χ4n) is 3.09. The predicted octanol–water partition coefficient (Wildman–Crippen LogP) is 3.30. The van der Waals surface area contributed by atoms with Gasteiger partial charge >= 0.3 is 0 Å². The lowest BCUT2D eigenvalue weighted by Crippen LogP contribution is -2.29. The molecule has 1 saturated heterocycles. The molecule has 0 spiro atoms. The molecule has 1 aliphatic rings. The summed E-state index contributed by atoms with van der Waals surface area (Å²) in [6.45, 7) is 3.86. The maximum atomic E-state index is 12.6. The van der Waals surface area contributed by atoms with Crippen molar-refractivity contribution in [3.63, 3.8) is 0 Å². The van der Waals surface area contributed by atoms with Crippen LogP contribution in [0.4, 0.5) is 0 Å². The average Bonchev–Trinajstić information content (AvgIpc) is 2.93. The van der Waals surface area contributed by atoms with Crippen LogP contribution in [0.2, 0.25) is 0 Å². The smallest absolute Gasteiger partial charge is 0.295 e. The van der Waals surface area contributed by atoms with Crippen molar-refractivity contribution in [1.82, 2.24) is 4.90 Å². The molecular formula is C21H19NO4. The van der Waals surface area contributed by atoms with Gasteiger partial charge < -0.3 is 14.7 Å². The zero-order valence-electron chi connectivity index (χ0n) is 14.4. The van der Waals surface area contributed by atoms with Crippen molar-refractivity contribution in [2.45, 2.75) is 6.04 Å². The van der Waals surface area contributed by atoms with E-state index in [-0.39, 0.29) is 17.9 Å². The zero-order valence-corrected chi connectivity index (χ0v) is 14.4. The second-order valence-corrected chi connectivity index (χ2v) is 5.88. The van der Waals surface area contributed by atoms with Gasteiger partial charge in [0.1, 0.15) is 11.5 Å². The number of nitrogens with zero attached hydrogens (tertiary/aromatic N) is 1. The predicted molar refractivity (Wildman–Crippen MR) is 98.6 cm³/mol. The second kappa shape index (κ2) is 7.27. The number of ether oxygens (including phenoxy) is 1. The summed E-state index contributed by atoms with van der Waals surface area (Å²) in [5.41, 5.74) is 1.28. The number of amides is 1. The quantitative estimate of drug-likeness (QED) is 0.389. The molecule has 3 rings (SSSR count). The van der Waals surface area contributed by atoms with Gasteiger partial charge in [-0.15, -0.1) is 6.58 Å². The molecule has 5 heteroatoms. The van der Waals surface area contributed by atoms with Crippen molar-refractivity contribution >= 4 is 17.4 Å². The summed E-state index contributed by atoms with van der Waals surface area (Å²) in [5.74, 6) is -0.869. The molecule has 26 heavy (non-hydrogen) atoms. The van der Waals surface area contributed by atoms with E-state index < -0.39 is 17.7 Å². The summed E-state index contributed by atoms with van der Waals surface area (Å²) >= 11 is 0. The number of methoxy groups -OCH3 is 1. The van der Waals surface area contributed by atoms with E-state index in [4.69, 9.17) is 4.74 Å². The van der Waals surface area contributed by atoms with Crippen LogP contribution >= 0.6 is 0 Å². The van der Waals surface area contributed by atoms with Crippen LogP contribution in [0.5, 0.6) is 5.75 Å². The number of hydrogen-bond acceptors (Lipinski definition) is 4. The monoisotopic (exact) mass is 349 g/mol. The van der Waals surface area contributed by atoms with Crippen LogP contribution in [0, 0.1) is 0 Å². The van der Waals surface area contributed by atoms with E-state index in [2.05, 4.69) is 6.58 Å². The van der Waals surface area contributed by atoms with E-state index in [0.29, 0.717) is 16.9 Å². The van der Waals surface area contributed by atoms with Crippen LogP contribution in [0.3, 0.4) is 0 Å². The van der Waals surface area contributed by atoms with Crippen molar-refractivity contribution in [1.29, 1.82) is 0 Å². The maximum absolute atomic E-state index is 12.6. The highest BCUT2D eigenvalue weighted by Crippen LogP contribution is 2.39. The van der Waals surface area contributed by atoms with Crippen LogP contribution in [-0.4, -0.2) is 35.4 Å². The fourth-order valence-corrected chi connectivity index (χ4v) is 3.09. The number of carbonyl (C=O) groups excluding carboxylic acids is 2. The standard InChI is InChI=1S/C21H19NO4/c1-3-13-22-18(14-9-11-16(26-2)12-10-14)17(20(24)21(22)25)19(23)15-7-5-4-6-8-15/h3-12,18,23H,1,13H2,2H3/t18-/m1/s1. The van der Waals surface area contributed by atoms with Crippen molar-refractivity contribution < 1.29 is 19.4 Å². The minimum absolute atomic E-state index is 0.0771. The summed E-state index contributed by atoms with van der Waals surface area (Å²) in [6, 6.07) is 15.1. The van der Waals surface area contributed by atoms with Gasteiger partial charge in [-0.3, -0.25) is 9.59 Å². The Hall–Kier alpha value is -3.34. The summed E-state index contributed by atoms with van der Waals surface area (Å²) in [7, 11) is 1.56. The number of aliphatic hydroxyl groups excluding tert-OH is 1. The molecule has 0 unspecified atom stereocenters. The molecule has 0 aliphatic carbocycles. The summed E-state index contributed by atoms with van der Waals surface area (Å²) < 4.78 is 5.17. The van der Waals surface area contributed by atoms with Crippen LogP contribution in [0.1, 0.15) is 17.2 Å². The molecule has 1 amide bonds. The molecule has 1 aliphatic heterocycles. The fraction of sp³-hybridized carbons (Fsp3) is 0.143. The molecule has 0 bridgehead atoms. The lowest BCUT2D eigenvalue weighted by molar-refractivity contribution is -0.139. The third kappa shape index (κ3) is 2.99. The van der Waals surface area contributed by atoms with E-state index in [1.54, 1.807) is 61.7 Å². The first kappa shape index (κ1) is 17.5. The minimum Gasteiger partial charge on any atom is -0.507 e. The molecule has 132 valence electrons. The summed E-state index contributed by atoms with van der Waals surface area (Å²) in [6.07, 6.45) is 1.56. The largest absolute Gasteiger partial charge is 0.507 e. The normalized spacial score (nSPS) is 18.8. The van der Waals surface area contributed by atoms with E-state index in [9.17, 15) is 14.7 Å². The Morgan fingerprint density at radius 1 is 1.15 bits per heavy atom. The Balaban J connectivity index is 2.17. The van der Waals surface area contributed by atoms with Gasteiger partial charge in [0.15, 0.2) is 0 Å². The number of hydrogen-bond donors (Lipinski definition) is 1.